The first kappa shape index (κ1) is 11.7. The van der Waals surface area contributed by atoms with Crippen LogP contribution in [0.25, 0.3) is 0 Å². The van der Waals surface area contributed by atoms with E-state index in [4.69, 9.17) is 0 Å². The van der Waals surface area contributed by atoms with E-state index in [1.54, 1.807) is 4.68 Å². The van der Waals surface area contributed by atoms with E-state index >= 15 is 0 Å². The normalized spacial score (nSPS) is 11.1. The summed E-state index contributed by atoms with van der Waals surface area (Å²) in [4.78, 5) is 11.4. The summed E-state index contributed by atoms with van der Waals surface area (Å²) in [5, 5.41) is 10.7. The van der Waals surface area contributed by atoms with Crippen molar-refractivity contribution in [2.24, 2.45) is 0 Å². The Labute approximate surface area is 89.9 Å². The predicted octanol–water partition coefficient (Wildman–Crippen LogP) is 0.926. The monoisotopic (exact) mass is 210 g/mol. The van der Waals surface area contributed by atoms with E-state index in [0.717, 1.165) is 0 Å². The minimum absolute atomic E-state index is 0.0131. The van der Waals surface area contributed by atoms with E-state index in [2.05, 4.69) is 15.6 Å². The summed E-state index contributed by atoms with van der Waals surface area (Å²) >= 11 is 0. The number of nitrogens with one attached hydrogen (secondary N) is 1. The van der Waals surface area contributed by atoms with Crippen molar-refractivity contribution in [2.45, 2.75) is 46.2 Å². The summed E-state index contributed by atoms with van der Waals surface area (Å²) in [5.41, 5.74) is 0.710. The number of nitrogens with zero attached hydrogens (tertiary/aromatic N) is 3. The highest BCUT2D eigenvalue weighted by atomic mass is 16.1. The Kier molecular flexibility index (Phi) is 3.82. The average Bonchev–Trinajstić information content (AvgIpc) is 2.50. The van der Waals surface area contributed by atoms with E-state index in [1.807, 2.05) is 33.9 Å². The Morgan fingerprint density at radius 1 is 1.47 bits per heavy atom. The third-order valence-corrected chi connectivity index (χ3v) is 1.88. The molecule has 0 aliphatic carbocycles. The molecule has 1 heterocycles. The van der Waals surface area contributed by atoms with Gasteiger partial charge in [-0.05, 0) is 27.7 Å². The van der Waals surface area contributed by atoms with Crippen molar-refractivity contribution in [2.75, 3.05) is 0 Å². The maximum absolute atomic E-state index is 11.4. The van der Waals surface area contributed by atoms with E-state index in [1.165, 1.54) is 0 Å². The van der Waals surface area contributed by atoms with Crippen molar-refractivity contribution in [3.8, 4) is 0 Å². The molecule has 5 heteroatoms. The Hall–Kier alpha value is -1.39. The molecule has 0 aliphatic rings. The van der Waals surface area contributed by atoms with Crippen molar-refractivity contribution in [3.05, 3.63) is 11.9 Å². The first-order chi connectivity index (χ1) is 6.99. The van der Waals surface area contributed by atoms with Crippen molar-refractivity contribution in [1.29, 1.82) is 0 Å². The van der Waals surface area contributed by atoms with Crippen LogP contribution in [0.5, 0.6) is 0 Å². The van der Waals surface area contributed by atoms with Crippen LogP contribution in [0.3, 0.4) is 0 Å². The van der Waals surface area contributed by atoms with E-state index in [0.29, 0.717) is 12.1 Å². The van der Waals surface area contributed by atoms with Crippen molar-refractivity contribution >= 4 is 5.91 Å². The zero-order chi connectivity index (χ0) is 11.4. The number of carbonyl (C=O) groups excluding carboxylic acids is 1. The number of amides is 1. The Morgan fingerprint density at radius 3 is 2.60 bits per heavy atom. The highest BCUT2D eigenvalue weighted by molar-refractivity contribution is 5.78. The van der Waals surface area contributed by atoms with Crippen LogP contribution in [0, 0.1) is 0 Å². The van der Waals surface area contributed by atoms with Gasteiger partial charge in [0.05, 0.1) is 12.1 Å². The molecular formula is C10H18N4O. The maximum Gasteiger partial charge on any atom is 0.226 e. The lowest BCUT2D eigenvalue weighted by molar-refractivity contribution is -0.120. The molecule has 0 spiro atoms. The van der Waals surface area contributed by atoms with Gasteiger partial charge in [-0.3, -0.25) is 4.79 Å². The molecule has 0 bridgehead atoms. The molecule has 1 aromatic rings. The molecule has 0 atom stereocenters. The summed E-state index contributed by atoms with van der Waals surface area (Å²) in [5.74, 6) is -0.0131. The van der Waals surface area contributed by atoms with Crippen molar-refractivity contribution in [3.63, 3.8) is 0 Å². The van der Waals surface area contributed by atoms with E-state index in [-0.39, 0.29) is 18.0 Å². The largest absolute Gasteiger partial charge is 0.354 e. The van der Waals surface area contributed by atoms with Gasteiger partial charge in [0.1, 0.15) is 0 Å². The minimum Gasteiger partial charge on any atom is -0.354 e. The number of carbonyl (C=O) groups is 1. The smallest absolute Gasteiger partial charge is 0.226 e. The van der Waals surface area contributed by atoms with Crippen LogP contribution >= 0.6 is 0 Å². The van der Waals surface area contributed by atoms with Gasteiger partial charge >= 0.3 is 0 Å². The number of aromatic nitrogens is 3. The van der Waals surface area contributed by atoms with Crippen molar-refractivity contribution < 1.29 is 4.79 Å². The molecule has 15 heavy (non-hydrogen) atoms. The van der Waals surface area contributed by atoms with Gasteiger partial charge in [0.2, 0.25) is 5.91 Å². The molecule has 0 saturated heterocycles. The van der Waals surface area contributed by atoms with Gasteiger partial charge in [0.15, 0.2) is 0 Å². The number of hydrogen-bond donors (Lipinski definition) is 1. The molecule has 5 nitrogen and oxygen atoms in total. The SMILES string of the molecule is CC(C)NC(=O)Cc1cn(C(C)C)nn1. The van der Waals surface area contributed by atoms with Crippen LogP contribution < -0.4 is 5.32 Å². The summed E-state index contributed by atoms with van der Waals surface area (Å²) in [6, 6.07) is 0.442. The highest BCUT2D eigenvalue weighted by Crippen LogP contribution is 2.02. The van der Waals surface area contributed by atoms with Crippen LogP contribution in [0.1, 0.15) is 39.4 Å². The molecule has 1 aromatic heterocycles. The summed E-state index contributed by atoms with van der Waals surface area (Å²) in [6.07, 6.45) is 2.11. The molecule has 1 rings (SSSR count). The van der Waals surface area contributed by atoms with Gasteiger partial charge in [-0.25, -0.2) is 4.68 Å². The van der Waals surface area contributed by atoms with Gasteiger partial charge in [-0.15, -0.1) is 5.10 Å². The molecule has 0 saturated carbocycles. The number of hydrogen-bond acceptors (Lipinski definition) is 3. The lowest BCUT2D eigenvalue weighted by atomic mass is 10.3. The van der Waals surface area contributed by atoms with Crippen LogP contribution in [0.2, 0.25) is 0 Å². The second-order valence-electron chi connectivity index (χ2n) is 4.18. The molecule has 0 fully saturated rings. The van der Waals surface area contributed by atoms with Crippen LogP contribution in [0.4, 0.5) is 0 Å². The Morgan fingerprint density at radius 2 is 2.13 bits per heavy atom. The van der Waals surface area contributed by atoms with Crippen LogP contribution in [0.15, 0.2) is 6.20 Å². The van der Waals surface area contributed by atoms with Gasteiger partial charge in [0.25, 0.3) is 0 Å². The highest BCUT2D eigenvalue weighted by Gasteiger charge is 2.09. The van der Waals surface area contributed by atoms with Gasteiger partial charge in [0, 0.05) is 18.3 Å². The Bertz CT molecular complexity index is 330. The van der Waals surface area contributed by atoms with Crippen LogP contribution in [-0.4, -0.2) is 26.9 Å². The lowest BCUT2D eigenvalue weighted by Gasteiger charge is -2.06. The molecule has 84 valence electrons. The fourth-order valence-electron chi connectivity index (χ4n) is 1.18. The average molecular weight is 210 g/mol. The van der Waals surface area contributed by atoms with Crippen LogP contribution in [-0.2, 0) is 11.2 Å². The second-order valence-corrected chi connectivity index (χ2v) is 4.18. The molecule has 0 unspecified atom stereocenters. The third kappa shape index (κ3) is 3.69. The predicted molar refractivity (Wildman–Crippen MR) is 57.4 cm³/mol. The van der Waals surface area contributed by atoms with Crippen molar-refractivity contribution in [1.82, 2.24) is 20.3 Å². The molecule has 0 radical (unpaired) electrons. The zero-order valence-electron chi connectivity index (χ0n) is 9.69. The first-order valence-corrected chi connectivity index (χ1v) is 5.19. The molecule has 0 aromatic carbocycles. The number of rotatable bonds is 4. The second kappa shape index (κ2) is 4.91. The van der Waals surface area contributed by atoms with E-state index in [9.17, 15) is 4.79 Å². The summed E-state index contributed by atoms with van der Waals surface area (Å²) in [6.45, 7) is 7.91. The first-order valence-electron chi connectivity index (χ1n) is 5.19. The minimum atomic E-state index is -0.0131. The van der Waals surface area contributed by atoms with Gasteiger partial charge in [-0.2, -0.15) is 0 Å². The van der Waals surface area contributed by atoms with E-state index < -0.39 is 0 Å². The third-order valence-electron chi connectivity index (χ3n) is 1.88. The molecule has 0 aliphatic heterocycles. The lowest BCUT2D eigenvalue weighted by Crippen LogP contribution is -2.31. The summed E-state index contributed by atoms with van der Waals surface area (Å²) < 4.78 is 1.75. The molecular weight excluding hydrogens is 192 g/mol. The van der Waals surface area contributed by atoms with Gasteiger partial charge in [-0.1, -0.05) is 5.21 Å². The fourth-order valence-corrected chi connectivity index (χ4v) is 1.18. The maximum atomic E-state index is 11.4. The fraction of sp³-hybridized carbons (Fsp3) is 0.700. The standard InChI is InChI=1S/C10H18N4O/c1-7(2)11-10(15)5-9-6-14(8(3)4)13-12-9/h6-8H,5H2,1-4H3,(H,11,15). The topological polar surface area (TPSA) is 59.8 Å². The molecule has 1 amide bonds. The Balaban J connectivity index is 2.53. The summed E-state index contributed by atoms with van der Waals surface area (Å²) in [7, 11) is 0. The van der Waals surface area contributed by atoms with Gasteiger partial charge < -0.3 is 5.32 Å². The quantitative estimate of drug-likeness (QED) is 0.804. The molecule has 1 N–H and O–H groups in total. The zero-order valence-corrected chi connectivity index (χ0v) is 9.69.